The fraction of sp³-hybridized carbons (Fsp3) is 0.500. The van der Waals surface area contributed by atoms with Gasteiger partial charge in [0.1, 0.15) is 0 Å². The van der Waals surface area contributed by atoms with Gasteiger partial charge in [0.05, 0.1) is 0 Å². The molecule has 0 saturated heterocycles. The normalized spacial score (nSPS) is 27.3. The summed E-state index contributed by atoms with van der Waals surface area (Å²) in [5, 5.41) is 0. The van der Waals surface area contributed by atoms with Gasteiger partial charge in [-0.3, -0.25) is 0 Å². The first-order valence-corrected chi connectivity index (χ1v) is 10.4. The van der Waals surface area contributed by atoms with Gasteiger partial charge >= 0.3 is 6.36 Å². The zero-order chi connectivity index (χ0) is 20.6. The number of halogens is 4. The highest BCUT2D eigenvalue weighted by Crippen LogP contribution is 2.47. The Bertz CT molecular complexity index is 843. The molecule has 2 aromatic carbocycles. The highest BCUT2D eigenvalue weighted by Gasteiger charge is 2.35. The molecule has 0 radical (unpaired) electrons. The summed E-state index contributed by atoms with van der Waals surface area (Å²) >= 11 is 0. The molecule has 0 amide bonds. The van der Waals surface area contributed by atoms with Gasteiger partial charge in [0.15, 0.2) is 11.6 Å². The predicted molar refractivity (Wildman–Crippen MR) is 105 cm³/mol. The summed E-state index contributed by atoms with van der Waals surface area (Å²) in [6.07, 6.45) is 2.90. The standard InChI is InChI=1S/C24H26F4O/c1-15-2-3-20-13-19(9-8-18(20)12-15)16-4-6-17(7-5-16)21-10-11-23(22(25)14-21)29-24(26,27)28/h4-7,10-11,14-15,18-20H,2-3,8-9,12-13H2,1H3. The van der Waals surface area contributed by atoms with E-state index >= 15 is 0 Å². The van der Waals surface area contributed by atoms with Crippen molar-refractivity contribution in [1.82, 2.24) is 0 Å². The fourth-order valence-electron chi connectivity index (χ4n) is 5.26. The van der Waals surface area contributed by atoms with Crippen LogP contribution in [-0.4, -0.2) is 6.36 Å². The summed E-state index contributed by atoms with van der Waals surface area (Å²) < 4.78 is 54.6. The smallest absolute Gasteiger partial charge is 0.403 e. The molecule has 29 heavy (non-hydrogen) atoms. The first-order valence-electron chi connectivity index (χ1n) is 10.4. The van der Waals surface area contributed by atoms with Gasteiger partial charge in [0.25, 0.3) is 0 Å². The van der Waals surface area contributed by atoms with Crippen LogP contribution in [0, 0.1) is 23.6 Å². The van der Waals surface area contributed by atoms with Crippen LogP contribution < -0.4 is 4.74 Å². The topological polar surface area (TPSA) is 9.23 Å². The molecule has 0 aliphatic heterocycles. The summed E-state index contributed by atoms with van der Waals surface area (Å²) in [6.45, 7) is 2.37. The predicted octanol–water partition coefficient (Wildman–Crippen LogP) is 7.71. The van der Waals surface area contributed by atoms with E-state index in [9.17, 15) is 17.6 Å². The van der Waals surface area contributed by atoms with E-state index in [0.29, 0.717) is 11.5 Å². The molecule has 0 N–H and O–H groups in total. The highest BCUT2D eigenvalue weighted by atomic mass is 19.4. The molecule has 0 spiro atoms. The third-order valence-corrected chi connectivity index (χ3v) is 6.75. The zero-order valence-electron chi connectivity index (χ0n) is 16.5. The van der Waals surface area contributed by atoms with Crippen molar-refractivity contribution in [3.8, 4) is 16.9 Å². The second-order valence-electron chi connectivity index (χ2n) is 8.76. The number of hydrogen-bond donors (Lipinski definition) is 0. The SMILES string of the molecule is CC1CCC2CC(c3ccc(-c4ccc(OC(F)(F)F)c(F)c4)cc3)CCC2C1. The zero-order valence-corrected chi connectivity index (χ0v) is 16.5. The molecule has 5 heteroatoms. The maximum atomic E-state index is 14.0. The molecule has 2 aromatic rings. The van der Waals surface area contributed by atoms with Gasteiger partial charge in [-0.25, -0.2) is 4.39 Å². The Morgan fingerprint density at radius 2 is 1.48 bits per heavy atom. The van der Waals surface area contributed by atoms with Gasteiger partial charge in [-0.1, -0.05) is 43.7 Å². The second kappa shape index (κ2) is 8.00. The van der Waals surface area contributed by atoms with E-state index in [4.69, 9.17) is 0 Å². The van der Waals surface area contributed by atoms with Gasteiger partial charge in [0.2, 0.25) is 0 Å². The average molecular weight is 406 g/mol. The van der Waals surface area contributed by atoms with Crippen molar-refractivity contribution in [2.24, 2.45) is 17.8 Å². The molecule has 0 aromatic heterocycles. The number of alkyl halides is 3. The molecule has 2 saturated carbocycles. The van der Waals surface area contributed by atoms with Crippen LogP contribution >= 0.6 is 0 Å². The van der Waals surface area contributed by atoms with E-state index in [2.05, 4.69) is 23.8 Å². The molecule has 2 aliphatic rings. The summed E-state index contributed by atoms with van der Waals surface area (Å²) in [6, 6.07) is 11.6. The van der Waals surface area contributed by atoms with Crippen LogP contribution in [0.4, 0.5) is 17.6 Å². The Balaban J connectivity index is 1.45. The van der Waals surface area contributed by atoms with E-state index in [0.717, 1.165) is 35.4 Å². The molecule has 4 atom stereocenters. The molecular weight excluding hydrogens is 380 g/mol. The Kier molecular flexibility index (Phi) is 5.58. The third kappa shape index (κ3) is 4.76. The van der Waals surface area contributed by atoms with Crippen molar-refractivity contribution < 1.29 is 22.3 Å². The fourth-order valence-corrected chi connectivity index (χ4v) is 5.26. The number of ether oxygens (including phenoxy) is 1. The first-order chi connectivity index (χ1) is 13.8. The maximum absolute atomic E-state index is 14.0. The quantitative estimate of drug-likeness (QED) is 0.474. The minimum Gasteiger partial charge on any atom is -0.403 e. The summed E-state index contributed by atoms with van der Waals surface area (Å²) in [5.74, 6) is 1.32. The van der Waals surface area contributed by atoms with Crippen molar-refractivity contribution in [1.29, 1.82) is 0 Å². The minimum absolute atomic E-state index is 0.536. The minimum atomic E-state index is -4.90. The van der Waals surface area contributed by atoms with Gasteiger partial charge in [-0.05, 0) is 84.6 Å². The van der Waals surface area contributed by atoms with E-state index in [1.807, 2.05) is 12.1 Å². The molecule has 156 valence electrons. The van der Waals surface area contributed by atoms with Crippen LogP contribution in [0.3, 0.4) is 0 Å². The lowest BCUT2D eigenvalue weighted by atomic mass is 9.64. The number of fused-ring (bicyclic) bond motifs is 1. The van der Waals surface area contributed by atoms with Crippen LogP contribution in [0.1, 0.15) is 56.9 Å². The molecular formula is C24H26F4O. The molecule has 4 rings (SSSR count). The largest absolute Gasteiger partial charge is 0.573 e. The van der Waals surface area contributed by atoms with Crippen LogP contribution in [0.25, 0.3) is 11.1 Å². The van der Waals surface area contributed by atoms with Crippen molar-refractivity contribution in [3.05, 3.63) is 53.8 Å². The lowest BCUT2D eigenvalue weighted by Crippen LogP contribution is -2.29. The summed E-state index contributed by atoms with van der Waals surface area (Å²) in [7, 11) is 0. The molecule has 1 nitrogen and oxygen atoms in total. The Morgan fingerprint density at radius 3 is 2.17 bits per heavy atom. The van der Waals surface area contributed by atoms with Gasteiger partial charge in [-0.15, -0.1) is 13.2 Å². The highest BCUT2D eigenvalue weighted by molar-refractivity contribution is 5.64. The lowest BCUT2D eigenvalue weighted by Gasteiger charge is -2.41. The van der Waals surface area contributed by atoms with E-state index in [1.54, 1.807) is 0 Å². The molecule has 0 bridgehead atoms. The van der Waals surface area contributed by atoms with E-state index < -0.39 is 17.9 Å². The van der Waals surface area contributed by atoms with Crippen LogP contribution in [0.5, 0.6) is 5.75 Å². The van der Waals surface area contributed by atoms with Gasteiger partial charge in [0, 0.05) is 0 Å². The van der Waals surface area contributed by atoms with Gasteiger partial charge < -0.3 is 4.74 Å². The maximum Gasteiger partial charge on any atom is 0.573 e. The van der Waals surface area contributed by atoms with Crippen molar-refractivity contribution in [3.63, 3.8) is 0 Å². The van der Waals surface area contributed by atoms with E-state index in [1.165, 1.54) is 50.2 Å². The summed E-state index contributed by atoms with van der Waals surface area (Å²) in [4.78, 5) is 0. The average Bonchev–Trinajstić information content (AvgIpc) is 2.68. The molecule has 2 aliphatic carbocycles. The van der Waals surface area contributed by atoms with Crippen LogP contribution in [0.2, 0.25) is 0 Å². The van der Waals surface area contributed by atoms with Crippen molar-refractivity contribution in [2.45, 2.75) is 57.7 Å². The van der Waals surface area contributed by atoms with Crippen LogP contribution in [0.15, 0.2) is 42.5 Å². The van der Waals surface area contributed by atoms with Crippen molar-refractivity contribution >= 4 is 0 Å². The van der Waals surface area contributed by atoms with Crippen LogP contribution in [-0.2, 0) is 0 Å². The van der Waals surface area contributed by atoms with Crippen molar-refractivity contribution in [2.75, 3.05) is 0 Å². The third-order valence-electron chi connectivity index (χ3n) is 6.75. The molecule has 0 heterocycles. The monoisotopic (exact) mass is 406 g/mol. The Hall–Kier alpha value is -2.04. The second-order valence-corrected chi connectivity index (χ2v) is 8.76. The number of rotatable bonds is 3. The molecule has 4 unspecified atom stereocenters. The van der Waals surface area contributed by atoms with E-state index in [-0.39, 0.29) is 0 Å². The lowest BCUT2D eigenvalue weighted by molar-refractivity contribution is -0.275. The van der Waals surface area contributed by atoms with Gasteiger partial charge in [-0.2, -0.15) is 0 Å². The number of benzene rings is 2. The first kappa shape index (κ1) is 20.2. The summed E-state index contributed by atoms with van der Waals surface area (Å²) in [5.41, 5.74) is 2.63. The number of hydrogen-bond acceptors (Lipinski definition) is 1. The Morgan fingerprint density at radius 1 is 0.828 bits per heavy atom. The Labute approximate surface area is 169 Å². The molecule has 2 fully saturated rings.